The van der Waals surface area contributed by atoms with Gasteiger partial charge in [-0.05, 0) is 25.1 Å². The van der Waals surface area contributed by atoms with Crippen molar-refractivity contribution in [2.24, 2.45) is 0 Å². The van der Waals surface area contributed by atoms with Gasteiger partial charge in [-0.2, -0.15) is 4.31 Å². The first-order valence-corrected chi connectivity index (χ1v) is 9.63. The van der Waals surface area contributed by atoms with Crippen LogP contribution in [0.2, 0.25) is 0 Å². The van der Waals surface area contributed by atoms with Crippen LogP contribution in [0.4, 0.5) is 5.82 Å². The topological polar surface area (TPSA) is 115 Å². The summed E-state index contributed by atoms with van der Waals surface area (Å²) in [6.07, 6.45) is 3.25. The first kappa shape index (κ1) is 16.7. The van der Waals surface area contributed by atoms with Crippen LogP contribution in [0.15, 0.2) is 40.4 Å². The highest BCUT2D eigenvalue weighted by Gasteiger charge is 2.29. The van der Waals surface area contributed by atoms with Crippen LogP contribution in [0.1, 0.15) is 5.56 Å². The fourth-order valence-corrected chi connectivity index (χ4v) is 4.63. The lowest BCUT2D eigenvalue weighted by molar-refractivity contribution is 0.383. The van der Waals surface area contributed by atoms with E-state index in [1.54, 1.807) is 12.3 Å². The third-order valence-electron chi connectivity index (χ3n) is 4.53. The number of aromatic amines is 2. The van der Waals surface area contributed by atoms with Crippen LogP contribution in [0.3, 0.4) is 0 Å². The number of rotatable bonds is 3. The molecule has 3 aromatic rings. The second-order valence-electron chi connectivity index (χ2n) is 6.21. The Morgan fingerprint density at radius 2 is 1.81 bits per heavy atom. The van der Waals surface area contributed by atoms with Crippen LogP contribution in [-0.2, 0) is 10.0 Å². The van der Waals surface area contributed by atoms with E-state index in [0.717, 1.165) is 11.4 Å². The summed E-state index contributed by atoms with van der Waals surface area (Å²) in [7, 11) is -3.62. The average Bonchev–Trinajstić information content (AvgIpc) is 3.01. The standard InChI is InChI=1S/C16H18N6O3S/c1-11-9-17-10-18-15(11)21-4-6-22(7-5-21)26(24,25)12-2-3-13-14(8-12)20-16(23)19-13/h2-3,8-10H,4-7H2,1H3,(H2,19,20,23). The van der Waals surface area contributed by atoms with Gasteiger partial charge in [-0.1, -0.05) is 0 Å². The summed E-state index contributed by atoms with van der Waals surface area (Å²) >= 11 is 0. The number of imidazole rings is 1. The number of anilines is 1. The van der Waals surface area contributed by atoms with Crippen LogP contribution >= 0.6 is 0 Å². The summed E-state index contributed by atoms with van der Waals surface area (Å²) in [4.78, 5) is 27.1. The summed E-state index contributed by atoms with van der Waals surface area (Å²) in [5, 5.41) is 0. The molecule has 1 aromatic carbocycles. The average molecular weight is 374 g/mol. The molecule has 0 saturated carbocycles. The van der Waals surface area contributed by atoms with Crippen LogP contribution in [0.25, 0.3) is 11.0 Å². The molecule has 4 rings (SSSR count). The highest BCUT2D eigenvalue weighted by atomic mass is 32.2. The van der Waals surface area contributed by atoms with Gasteiger partial charge in [0.15, 0.2) is 0 Å². The number of benzene rings is 1. The first-order chi connectivity index (χ1) is 12.4. The Hall–Kier alpha value is -2.72. The Kier molecular flexibility index (Phi) is 4.00. The van der Waals surface area contributed by atoms with E-state index in [4.69, 9.17) is 0 Å². The molecule has 2 aromatic heterocycles. The second kappa shape index (κ2) is 6.22. The summed E-state index contributed by atoms with van der Waals surface area (Å²) < 4.78 is 27.3. The third-order valence-corrected chi connectivity index (χ3v) is 6.43. The SMILES string of the molecule is Cc1cncnc1N1CCN(S(=O)(=O)c2ccc3[nH]c(=O)[nH]c3c2)CC1. The normalized spacial score (nSPS) is 16.3. The molecule has 9 nitrogen and oxygen atoms in total. The van der Waals surface area contributed by atoms with Crippen molar-refractivity contribution < 1.29 is 8.42 Å². The molecule has 0 amide bonds. The van der Waals surface area contributed by atoms with E-state index >= 15 is 0 Å². The second-order valence-corrected chi connectivity index (χ2v) is 8.14. The lowest BCUT2D eigenvalue weighted by Crippen LogP contribution is -2.49. The van der Waals surface area contributed by atoms with Gasteiger partial charge >= 0.3 is 5.69 Å². The predicted octanol–water partition coefficient (Wildman–Crippen LogP) is 0.466. The van der Waals surface area contributed by atoms with Crippen molar-refractivity contribution in [1.82, 2.24) is 24.2 Å². The fourth-order valence-electron chi connectivity index (χ4n) is 3.19. The number of fused-ring (bicyclic) bond motifs is 1. The van der Waals surface area contributed by atoms with Crippen molar-refractivity contribution in [3.8, 4) is 0 Å². The minimum absolute atomic E-state index is 0.173. The quantitative estimate of drug-likeness (QED) is 0.688. The largest absolute Gasteiger partial charge is 0.354 e. The number of hydrogen-bond acceptors (Lipinski definition) is 6. The third kappa shape index (κ3) is 2.86. The van der Waals surface area contributed by atoms with Crippen LogP contribution < -0.4 is 10.6 Å². The van der Waals surface area contributed by atoms with Crippen molar-refractivity contribution >= 4 is 26.9 Å². The molecule has 26 heavy (non-hydrogen) atoms. The van der Waals surface area contributed by atoms with E-state index in [9.17, 15) is 13.2 Å². The lowest BCUT2D eigenvalue weighted by atomic mass is 10.3. The van der Waals surface area contributed by atoms with E-state index in [1.165, 1.54) is 22.8 Å². The molecule has 0 atom stereocenters. The number of nitrogens with one attached hydrogen (secondary N) is 2. The van der Waals surface area contributed by atoms with E-state index in [2.05, 4.69) is 24.8 Å². The molecule has 10 heteroatoms. The predicted molar refractivity (Wildman–Crippen MR) is 96.7 cm³/mol. The Bertz CT molecular complexity index is 1110. The van der Waals surface area contributed by atoms with Crippen LogP contribution in [0, 0.1) is 6.92 Å². The maximum atomic E-state index is 12.9. The molecular formula is C16H18N6O3S. The summed E-state index contributed by atoms with van der Waals surface area (Å²) in [6, 6.07) is 4.60. The Balaban J connectivity index is 1.55. The lowest BCUT2D eigenvalue weighted by Gasteiger charge is -2.35. The number of aromatic nitrogens is 4. The molecule has 0 bridgehead atoms. The summed E-state index contributed by atoms with van der Waals surface area (Å²) in [6.45, 7) is 3.78. The Labute approximate surface area is 149 Å². The minimum atomic E-state index is -3.62. The van der Waals surface area contributed by atoms with Crippen LogP contribution in [0.5, 0.6) is 0 Å². The maximum Gasteiger partial charge on any atom is 0.323 e. The molecule has 0 unspecified atom stereocenters. The van der Waals surface area contributed by atoms with Crippen molar-refractivity contribution in [3.05, 3.63) is 46.8 Å². The van der Waals surface area contributed by atoms with Gasteiger partial charge in [-0.25, -0.2) is 23.2 Å². The smallest absolute Gasteiger partial charge is 0.323 e. The van der Waals surface area contributed by atoms with Gasteiger partial charge in [0.2, 0.25) is 10.0 Å². The summed E-state index contributed by atoms with van der Waals surface area (Å²) in [5.74, 6) is 0.836. The van der Waals surface area contributed by atoms with E-state index in [0.29, 0.717) is 37.2 Å². The minimum Gasteiger partial charge on any atom is -0.354 e. The number of piperazine rings is 1. The zero-order valence-corrected chi connectivity index (χ0v) is 15.0. The number of hydrogen-bond donors (Lipinski definition) is 2. The number of H-pyrrole nitrogens is 2. The van der Waals surface area contributed by atoms with Crippen molar-refractivity contribution in [2.45, 2.75) is 11.8 Å². The van der Waals surface area contributed by atoms with E-state index in [-0.39, 0.29) is 10.6 Å². The molecule has 136 valence electrons. The zero-order valence-electron chi connectivity index (χ0n) is 14.1. The maximum absolute atomic E-state index is 12.9. The van der Waals surface area contributed by atoms with Gasteiger partial charge in [0.25, 0.3) is 0 Å². The van der Waals surface area contributed by atoms with Gasteiger partial charge in [-0.3, -0.25) is 0 Å². The Morgan fingerprint density at radius 3 is 2.54 bits per heavy atom. The highest BCUT2D eigenvalue weighted by molar-refractivity contribution is 7.89. The van der Waals surface area contributed by atoms with Crippen LogP contribution in [-0.4, -0.2) is 58.8 Å². The molecule has 2 N–H and O–H groups in total. The molecule has 0 radical (unpaired) electrons. The molecule has 0 aliphatic carbocycles. The van der Waals surface area contributed by atoms with Gasteiger partial charge in [0, 0.05) is 37.9 Å². The number of nitrogens with zero attached hydrogens (tertiary/aromatic N) is 4. The Morgan fingerprint density at radius 1 is 1.08 bits per heavy atom. The van der Waals surface area contributed by atoms with Crippen molar-refractivity contribution in [1.29, 1.82) is 0 Å². The van der Waals surface area contributed by atoms with E-state index < -0.39 is 10.0 Å². The summed E-state index contributed by atoms with van der Waals surface area (Å²) in [5.41, 5.74) is 1.67. The monoisotopic (exact) mass is 374 g/mol. The number of sulfonamides is 1. The molecule has 3 heterocycles. The molecule has 0 spiro atoms. The van der Waals surface area contributed by atoms with Crippen molar-refractivity contribution in [3.63, 3.8) is 0 Å². The van der Waals surface area contributed by atoms with Gasteiger partial charge < -0.3 is 14.9 Å². The van der Waals surface area contributed by atoms with Gasteiger partial charge in [-0.15, -0.1) is 0 Å². The van der Waals surface area contributed by atoms with E-state index in [1.807, 2.05) is 6.92 Å². The van der Waals surface area contributed by atoms with Gasteiger partial charge in [0.1, 0.15) is 12.1 Å². The van der Waals surface area contributed by atoms with Gasteiger partial charge in [0.05, 0.1) is 15.9 Å². The molecule has 1 aliphatic rings. The fraction of sp³-hybridized carbons (Fsp3) is 0.312. The molecule has 1 fully saturated rings. The zero-order chi connectivity index (χ0) is 18.3. The highest BCUT2D eigenvalue weighted by Crippen LogP contribution is 2.23. The first-order valence-electron chi connectivity index (χ1n) is 8.19. The molecule has 1 saturated heterocycles. The molecule has 1 aliphatic heterocycles. The van der Waals surface area contributed by atoms with Crippen molar-refractivity contribution in [2.75, 3.05) is 31.1 Å². The number of aryl methyl sites for hydroxylation is 1. The molecular weight excluding hydrogens is 356 g/mol.